The molecule has 0 unspecified atom stereocenters. The van der Waals surface area contributed by atoms with Gasteiger partial charge in [-0.05, 0) is 23.8 Å². The predicted molar refractivity (Wildman–Crippen MR) is 73.9 cm³/mol. The molecule has 0 bridgehead atoms. The molecule has 0 aliphatic heterocycles. The number of carboxylic acid groups (broad SMARTS) is 1. The molecule has 2 amide bonds. The average molecular weight is 315 g/mol. The van der Waals surface area contributed by atoms with Crippen molar-refractivity contribution in [2.75, 3.05) is 13.1 Å². The van der Waals surface area contributed by atoms with Gasteiger partial charge < -0.3 is 15.7 Å². The fourth-order valence-electron chi connectivity index (χ4n) is 1.45. The van der Waals surface area contributed by atoms with Crippen LogP contribution in [0.4, 0.5) is 4.39 Å². The first-order valence-electron chi connectivity index (χ1n) is 5.71. The van der Waals surface area contributed by atoms with Gasteiger partial charge in [-0.25, -0.2) is 4.39 Å². The van der Waals surface area contributed by atoms with Crippen LogP contribution in [0.15, 0.2) is 24.3 Å². The minimum absolute atomic E-state index is 0.107. The van der Waals surface area contributed by atoms with Gasteiger partial charge in [0.05, 0.1) is 5.02 Å². The summed E-state index contributed by atoms with van der Waals surface area (Å²) >= 11 is 5.59. The van der Waals surface area contributed by atoms with E-state index >= 15 is 0 Å². The van der Waals surface area contributed by atoms with Gasteiger partial charge in [0.1, 0.15) is 18.9 Å². The maximum atomic E-state index is 13.0. The van der Waals surface area contributed by atoms with Gasteiger partial charge in [-0.15, -0.1) is 0 Å². The number of nitrogens with two attached hydrogens (primary N) is 1. The van der Waals surface area contributed by atoms with E-state index in [1.165, 1.54) is 18.2 Å². The number of rotatable bonds is 6. The third-order valence-electron chi connectivity index (χ3n) is 2.35. The molecule has 0 saturated heterocycles. The summed E-state index contributed by atoms with van der Waals surface area (Å²) in [6.07, 6.45) is 2.37. The van der Waals surface area contributed by atoms with Crippen LogP contribution in [0.5, 0.6) is 0 Å². The monoisotopic (exact) mass is 314 g/mol. The molecule has 21 heavy (non-hydrogen) atoms. The topological polar surface area (TPSA) is 101 Å². The van der Waals surface area contributed by atoms with E-state index in [0.717, 1.165) is 17.0 Å². The van der Waals surface area contributed by atoms with Crippen LogP contribution in [0.3, 0.4) is 0 Å². The van der Waals surface area contributed by atoms with Gasteiger partial charge in [0, 0.05) is 6.08 Å². The molecule has 1 rings (SSSR count). The zero-order valence-corrected chi connectivity index (χ0v) is 11.5. The van der Waals surface area contributed by atoms with Crippen LogP contribution in [0.25, 0.3) is 6.08 Å². The third-order valence-corrected chi connectivity index (χ3v) is 2.64. The number of nitrogens with zero attached hydrogens (tertiary/aromatic N) is 1. The van der Waals surface area contributed by atoms with Gasteiger partial charge in [0.2, 0.25) is 11.8 Å². The van der Waals surface area contributed by atoms with Gasteiger partial charge >= 0.3 is 5.97 Å². The number of halogens is 2. The lowest BCUT2D eigenvalue weighted by Gasteiger charge is -2.16. The van der Waals surface area contributed by atoms with E-state index in [0.29, 0.717) is 5.56 Å². The summed E-state index contributed by atoms with van der Waals surface area (Å²) in [4.78, 5) is 34.0. The fourth-order valence-corrected chi connectivity index (χ4v) is 1.64. The highest BCUT2D eigenvalue weighted by Gasteiger charge is 2.16. The Hall–Kier alpha value is -2.41. The number of benzene rings is 1. The highest BCUT2D eigenvalue weighted by molar-refractivity contribution is 6.30. The molecule has 3 N–H and O–H groups in total. The Morgan fingerprint density at radius 1 is 1.33 bits per heavy atom. The maximum absolute atomic E-state index is 13.0. The fraction of sp³-hybridized carbons (Fsp3) is 0.154. The van der Waals surface area contributed by atoms with Gasteiger partial charge in [0.15, 0.2) is 0 Å². The minimum atomic E-state index is -1.28. The van der Waals surface area contributed by atoms with Crippen LogP contribution in [0, 0.1) is 5.82 Å². The molecular formula is C13H12ClFN2O4. The number of amides is 2. The average Bonchev–Trinajstić information content (AvgIpc) is 2.38. The normalized spacial score (nSPS) is 10.6. The van der Waals surface area contributed by atoms with E-state index < -0.39 is 36.7 Å². The van der Waals surface area contributed by atoms with Gasteiger partial charge in [0.25, 0.3) is 0 Å². The molecule has 0 aromatic heterocycles. The summed E-state index contributed by atoms with van der Waals surface area (Å²) in [6, 6.07) is 3.82. The quantitative estimate of drug-likeness (QED) is 0.761. The van der Waals surface area contributed by atoms with Crippen LogP contribution in [0.2, 0.25) is 5.02 Å². The van der Waals surface area contributed by atoms with Crippen molar-refractivity contribution in [1.29, 1.82) is 0 Å². The Balaban J connectivity index is 2.83. The first-order valence-corrected chi connectivity index (χ1v) is 6.09. The van der Waals surface area contributed by atoms with Crippen molar-refractivity contribution in [3.8, 4) is 0 Å². The van der Waals surface area contributed by atoms with Crippen LogP contribution >= 0.6 is 11.6 Å². The van der Waals surface area contributed by atoms with Gasteiger partial charge in [-0.1, -0.05) is 17.7 Å². The van der Waals surface area contributed by atoms with E-state index in [-0.39, 0.29) is 5.02 Å². The lowest BCUT2D eigenvalue weighted by Crippen LogP contribution is -2.40. The largest absolute Gasteiger partial charge is 0.480 e. The maximum Gasteiger partial charge on any atom is 0.323 e. The Morgan fingerprint density at radius 2 is 2.00 bits per heavy atom. The smallest absolute Gasteiger partial charge is 0.323 e. The molecule has 0 saturated carbocycles. The lowest BCUT2D eigenvalue weighted by molar-refractivity contribution is -0.143. The number of hydrogen-bond donors (Lipinski definition) is 2. The second kappa shape index (κ2) is 7.39. The van der Waals surface area contributed by atoms with Crippen molar-refractivity contribution in [1.82, 2.24) is 4.90 Å². The number of hydrogen-bond acceptors (Lipinski definition) is 3. The minimum Gasteiger partial charge on any atom is -0.480 e. The Labute approximate surface area is 124 Å². The molecular weight excluding hydrogens is 303 g/mol. The highest BCUT2D eigenvalue weighted by Crippen LogP contribution is 2.16. The summed E-state index contributed by atoms with van der Waals surface area (Å²) in [5.74, 6) is -3.41. The second-order valence-electron chi connectivity index (χ2n) is 4.06. The molecule has 0 atom stereocenters. The first kappa shape index (κ1) is 16.6. The summed E-state index contributed by atoms with van der Waals surface area (Å²) in [7, 11) is 0. The third kappa shape index (κ3) is 5.62. The lowest BCUT2D eigenvalue weighted by atomic mass is 10.2. The standard InChI is InChI=1S/C13H12ClFN2O4/c14-9-5-8(1-3-10(9)15)2-4-12(19)17(6-11(16)18)7-13(20)21/h1-5H,6-7H2,(H2,16,18)(H,20,21)/b4-2+. The second-order valence-corrected chi connectivity index (χ2v) is 4.47. The molecule has 1 aromatic carbocycles. The zero-order chi connectivity index (χ0) is 16.0. The van der Waals surface area contributed by atoms with Crippen LogP contribution in [0.1, 0.15) is 5.56 Å². The van der Waals surface area contributed by atoms with E-state index in [1.807, 2.05) is 0 Å². The predicted octanol–water partition coefficient (Wildman–Crippen LogP) is 0.891. The first-order chi connectivity index (χ1) is 9.79. The molecule has 0 radical (unpaired) electrons. The Bertz CT molecular complexity index is 588. The van der Waals surface area contributed by atoms with Crippen molar-refractivity contribution in [2.45, 2.75) is 0 Å². The number of carbonyl (C=O) groups excluding carboxylic acids is 2. The van der Waals surface area contributed by atoms with Crippen LogP contribution in [-0.2, 0) is 14.4 Å². The van der Waals surface area contributed by atoms with Crippen molar-refractivity contribution in [3.63, 3.8) is 0 Å². The van der Waals surface area contributed by atoms with Crippen molar-refractivity contribution in [3.05, 3.63) is 40.7 Å². The molecule has 0 heterocycles. The van der Waals surface area contributed by atoms with Crippen molar-refractivity contribution < 1.29 is 23.9 Å². The SMILES string of the molecule is NC(=O)CN(CC(=O)O)C(=O)/C=C/c1ccc(F)c(Cl)c1. The zero-order valence-electron chi connectivity index (χ0n) is 10.8. The number of carbonyl (C=O) groups is 3. The molecule has 0 aliphatic carbocycles. The van der Waals surface area contributed by atoms with Crippen molar-refractivity contribution in [2.24, 2.45) is 5.73 Å². The van der Waals surface area contributed by atoms with Gasteiger partial charge in [-0.2, -0.15) is 0 Å². The summed E-state index contributed by atoms with van der Waals surface area (Å²) < 4.78 is 13.0. The highest BCUT2D eigenvalue weighted by atomic mass is 35.5. The Kier molecular flexibility index (Phi) is 5.86. The molecule has 0 spiro atoms. The number of carboxylic acids is 1. The van der Waals surface area contributed by atoms with E-state index in [1.54, 1.807) is 0 Å². The number of primary amides is 1. The summed E-state index contributed by atoms with van der Waals surface area (Å²) in [6.45, 7) is -1.17. The van der Waals surface area contributed by atoms with Gasteiger partial charge in [-0.3, -0.25) is 14.4 Å². The molecule has 8 heteroatoms. The Morgan fingerprint density at radius 3 is 2.52 bits per heavy atom. The van der Waals surface area contributed by atoms with E-state index in [9.17, 15) is 18.8 Å². The molecule has 112 valence electrons. The van der Waals surface area contributed by atoms with Crippen LogP contribution < -0.4 is 5.73 Å². The summed E-state index contributed by atoms with van der Waals surface area (Å²) in [5.41, 5.74) is 5.39. The number of aliphatic carboxylic acids is 1. The molecule has 0 fully saturated rings. The molecule has 0 aliphatic rings. The summed E-state index contributed by atoms with van der Waals surface area (Å²) in [5, 5.41) is 8.56. The van der Waals surface area contributed by atoms with E-state index in [4.69, 9.17) is 22.4 Å². The van der Waals surface area contributed by atoms with Crippen LogP contribution in [-0.4, -0.2) is 40.9 Å². The van der Waals surface area contributed by atoms with Crippen molar-refractivity contribution >= 4 is 35.5 Å². The molecule has 1 aromatic rings. The molecule has 6 nitrogen and oxygen atoms in total. The van der Waals surface area contributed by atoms with E-state index in [2.05, 4.69) is 0 Å².